The molecular formula is C9H16S. The molecule has 0 unspecified atom stereocenters. The molecule has 0 amide bonds. The summed E-state index contributed by atoms with van der Waals surface area (Å²) >= 11 is 2.22. The average molecular weight is 156 g/mol. The molecule has 0 spiro atoms. The van der Waals surface area contributed by atoms with Crippen molar-refractivity contribution in [1.82, 2.24) is 0 Å². The Hall–Kier alpha value is 0.350. The van der Waals surface area contributed by atoms with E-state index in [-0.39, 0.29) is 0 Å². The third-order valence-corrected chi connectivity index (χ3v) is 5.03. The fourth-order valence-corrected chi connectivity index (χ4v) is 4.38. The smallest absolute Gasteiger partial charge is 0.00809 e. The van der Waals surface area contributed by atoms with Crippen molar-refractivity contribution >= 4 is 11.8 Å². The topological polar surface area (TPSA) is 0 Å². The second kappa shape index (κ2) is 2.17. The van der Waals surface area contributed by atoms with Gasteiger partial charge in [0.05, 0.1) is 0 Å². The molecule has 1 saturated heterocycles. The van der Waals surface area contributed by atoms with E-state index in [1.807, 2.05) is 0 Å². The predicted molar refractivity (Wildman–Crippen MR) is 47.4 cm³/mol. The van der Waals surface area contributed by atoms with Gasteiger partial charge >= 0.3 is 0 Å². The summed E-state index contributed by atoms with van der Waals surface area (Å²) in [6.07, 6.45) is 4.50. The van der Waals surface area contributed by atoms with Crippen molar-refractivity contribution < 1.29 is 0 Å². The minimum atomic E-state index is 0.659. The highest BCUT2D eigenvalue weighted by atomic mass is 32.2. The molecule has 2 aliphatic rings. The van der Waals surface area contributed by atoms with Crippen molar-refractivity contribution in [1.29, 1.82) is 0 Å². The molecular weight excluding hydrogens is 140 g/mol. The quantitative estimate of drug-likeness (QED) is 0.519. The van der Waals surface area contributed by atoms with Crippen molar-refractivity contribution in [3.63, 3.8) is 0 Å². The molecule has 0 radical (unpaired) electrons. The molecule has 2 atom stereocenters. The van der Waals surface area contributed by atoms with Crippen molar-refractivity contribution in [2.75, 3.05) is 5.75 Å². The minimum Gasteiger partial charge on any atom is -0.158 e. The summed E-state index contributed by atoms with van der Waals surface area (Å²) in [6, 6.07) is 0. The van der Waals surface area contributed by atoms with Crippen LogP contribution in [0.2, 0.25) is 0 Å². The zero-order valence-electron chi connectivity index (χ0n) is 6.89. The van der Waals surface area contributed by atoms with Crippen LogP contribution in [0.3, 0.4) is 0 Å². The zero-order valence-corrected chi connectivity index (χ0v) is 7.71. The van der Waals surface area contributed by atoms with Gasteiger partial charge in [0.2, 0.25) is 0 Å². The Labute approximate surface area is 67.8 Å². The van der Waals surface area contributed by atoms with Gasteiger partial charge in [-0.25, -0.2) is 0 Å². The number of fused-ring (bicyclic) bond motifs is 1. The Morgan fingerprint density at radius 2 is 2.10 bits per heavy atom. The summed E-state index contributed by atoms with van der Waals surface area (Å²) in [5, 5.41) is 1.04. The Balaban J connectivity index is 2.16. The van der Waals surface area contributed by atoms with Gasteiger partial charge in [-0.2, -0.15) is 11.8 Å². The van der Waals surface area contributed by atoms with Crippen molar-refractivity contribution in [3.05, 3.63) is 0 Å². The fraction of sp³-hybridized carbons (Fsp3) is 1.00. The van der Waals surface area contributed by atoms with Gasteiger partial charge in [-0.15, -0.1) is 0 Å². The van der Waals surface area contributed by atoms with Crippen LogP contribution < -0.4 is 0 Å². The molecule has 1 saturated carbocycles. The van der Waals surface area contributed by atoms with E-state index in [0.717, 1.165) is 11.2 Å². The van der Waals surface area contributed by atoms with Gasteiger partial charge in [0.25, 0.3) is 0 Å². The highest BCUT2D eigenvalue weighted by Crippen LogP contribution is 2.53. The third kappa shape index (κ3) is 0.903. The maximum atomic E-state index is 2.44. The first-order chi connectivity index (χ1) is 4.70. The lowest BCUT2D eigenvalue weighted by atomic mass is 9.80. The molecule has 58 valence electrons. The second-order valence-electron chi connectivity index (χ2n) is 4.38. The van der Waals surface area contributed by atoms with E-state index in [2.05, 4.69) is 25.6 Å². The lowest BCUT2D eigenvalue weighted by molar-refractivity contribution is 0.277. The highest BCUT2D eigenvalue weighted by Gasteiger charge is 2.44. The largest absolute Gasteiger partial charge is 0.158 e. The summed E-state index contributed by atoms with van der Waals surface area (Å²) in [5.74, 6) is 2.46. The summed E-state index contributed by atoms with van der Waals surface area (Å²) in [7, 11) is 0. The standard InChI is InChI=1S/C9H16S/c1-9(2)6-10-8-5-3-4-7(8)9/h7-8H,3-6H2,1-2H3/t7-,8+/m1/s1. The second-order valence-corrected chi connectivity index (χ2v) is 5.60. The van der Waals surface area contributed by atoms with Crippen LogP contribution >= 0.6 is 11.8 Å². The van der Waals surface area contributed by atoms with Gasteiger partial charge in [0, 0.05) is 5.25 Å². The van der Waals surface area contributed by atoms with E-state index < -0.39 is 0 Å². The molecule has 0 nitrogen and oxygen atoms in total. The van der Waals surface area contributed by atoms with Crippen molar-refractivity contribution in [2.24, 2.45) is 11.3 Å². The van der Waals surface area contributed by atoms with Gasteiger partial charge in [-0.3, -0.25) is 0 Å². The Morgan fingerprint density at radius 3 is 2.80 bits per heavy atom. The maximum Gasteiger partial charge on any atom is 0.00809 e. The van der Waals surface area contributed by atoms with Crippen LogP contribution in [-0.4, -0.2) is 11.0 Å². The van der Waals surface area contributed by atoms with E-state index in [1.165, 1.54) is 25.0 Å². The maximum absolute atomic E-state index is 2.44. The lowest BCUT2D eigenvalue weighted by Gasteiger charge is -2.24. The van der Waals surface area contributed by atoms with E-state index in [4.69, 9.17) is 0 Å². The normalized spacial score (nSPS) is 43.8. The van der Waals surface area contributed by atoms with Crippen LogP contribution in [0.15, 0.2) is 0 Å². The molecule has 1 aliphatic carbocycles. The van der Waals surface area contributed by atoms with Gasteiger partial charge < -0.3 is 0 Å². The van der Waals surface area contributed by atoms with E-state index in [1.54, 1.807) is 0 Å². The van der Waals surface area contributed by atoms with Gasteiger partial charge in [-0.05, 0) is 29.9 Å². The summed E-state index contributed by atoms with van der Waals surface area (Å²) in [6.45, 7) is 4.88. The molecule has 1 aliphatic heterocycles. The molecule has 0 N–H and O–H groups in total. The first-order valence-corrected chi connectivity index (χ1v) is 5.37. The van der Waals surface area contributed by atoms with Crippen LogP contribution in [0.25, 0.3) is 0 Å². The molecule has 1 heteroatoms. The summed E-state index contributed by atoms with van der Waals surface area (Å²) in [5.41, 5.74) is 0.659. The summed E-state index contributed by atoms with van der Waals surface area (Å²) < 4.78 is 0. The van der Waals surface area contributed by atoms with Crippen LogP contribution in [0.4, 0.5) is 0 Å². The van der Waals surface area contributed by atoms with Crippen LogP contribution in [0.5, 0.6) is 0 Å². The van der Waals surface area contributed by atoms with E-state index in [9.17, 15) is 0 Å². The Bertz CT molecular complexity index is 140. The first kappa shape index (κ1) is 7.02. The monoisotopic (exact) mass is 156 g/mol. The number of rotatable bonds is 0. The number of hydrogen-bond donors (Lipinski definition) is 0. The Kier molecular flexibility index (Phi) is 1.52. The molecule has 2 rings (SSSR count). The summed E-state index contributed by atoms with van der Waals surface area (Å²) in [4.78, 5) is 0. The van der Waals surface area contributed by atoms with Crippen LogP contribution in [0, 0.1) is 11.3 Å². The Morgan fingerprint density at radius 1 is 1.30 bits per heavy atom. The van der Waals surface area contributed by atoms with E-state index >= 15 is 0 Å². The predicted octanol–water partition coefficient (Wildman–Crippen LogP) is 2.93. The van der Waals surface area contributed by atoms with E-state index in [0.29, 0.717) is 5.41 Å². The number of hydrogen-bond acceptors (Lipinski definition) is 1. The molecule has 0 aromatic heterocycles. The van der Waals surface area contributed by atoms with Gasteiger partial charge in [0.15, 0.2) is 0 Å². The molecule has 10 heavy (non-hydrogen) atoms. The molecule has 0 aromatic rings. The SMILES string of the molecule is CC1(C)CS[C@H]2CCC[C@H]21. The number of thioether (sulfide) groups is 1. The van der Waals surface area contributed by atoms with Crippen molar-refractivity contribution in [3.8, 4) is 0 Å². The molecule has 0 aromatic carbocycles. The fourth-order valence-electron chi connectivity index (χ4n) is 2.45. The molecule has 0 bridgehead atoms. The van der Waals surface area contributed by atoms with Crippen LogP contribution in [-0.2, 0) is 0 Å². The van der Waals surface area contributed by atoms with Crippen molar-refractivity contribution in [2.45, 2.75) is 38.4 Å². The first-order valence-electron chi connectivity index (χ1n) is 4.32. The molecule has 1 heterocycles. The zero-order chi connectivity index (χ0) is 7.19. The minimum absolute atomic E-state index is 0.659. The lowest BCUT2D eigenvalue weighted by Crippen LogP contribution is -2.22. The highest BCUT2D eigenvalue weighted by molar-refractivity contribution is 8.00. The van der Waals surface area contributed by atoms with Gasteiger partial charge in [0.1, 0.15) is 0 Å². The van der Waals surface area contributed by atoms with Crippen LogP contribution in [0.1, 0.15) is 33.1 Å². The average Bonchev–Trinajstić information content (AvgIpc) is 2.36. The third-order valence-electron chi connectivity index (χ3n) is 3.13. The molecule has 2 fully saturated rings. The van der Waals surface area contributed by atoms with Gasteiger partial charge in [-0.1, -0.05) is 20.3 Å².